The fourth-order valence-electron chi connectivity index (χ4n) is 2.62. The summed E-state index contributed by atoms with van der Waals surface area (Å²) < 4.78 is 1.85. The molecular formula is C14H24N4O. The Morgan fingerprint density at radius 1 is 1.47 bits per heavy atom. The molecular weight excluding hydrogens is 240 g/mol. The molecule has 0 amide bonds. The van der Waals surface area contributed by atoms with Crippen molar-refractivity contribution in [2.45, 2.75) is 52.0 Å². The zero-order valence-corrected chi connectivity index (χ0v) is 11.8. The number of hydrogen-bond donors (Lipinski definition) is 1. The highest BCUT2D eigenvalue weighted by molar-refractivity contribution is 5.80. The highest BCUT2D eigenvalue weighted by atomic mass is 16.1. The fourth-order valence-corrected chi connectivity index (χ4v) is 2.62. The monoisotopic (exact) mass is 264 g/mol. The number of hydrogen-bond acceptors (Lipinski definition) is 4. The minimum Gasteiger partial charge on any atom is -0.317 e. The van der Waals surface area contributed by atoms with Crippen LogP contribution in [0.1, 0.15) is 44.9 Å². The summed E-state index contributed by atoms with van der Waals surface area (Å²) in [7, 11) is 0. The van der Waals surface area contributed by atoms with Gasteiger partial charge in [-0.3, -0.25) is 4.79 Å². The largest absolute Gasteiger partial charge is 0.317 e. The molecule has 1 aliphatic rings. The summed E-state index contributed by atoms with van der Waals surface area (Å²) in [6.45, 7) is 5.15. The van der Waals surface area contributed by atoms with Crippen molar-refractivity contribution in [3.63, 3.8) is 0 Å². The van der Waals surface area contributed by atoms with E-state index in [2.05, 4.69) is 22.3 Å². The van der Waals surface area contributed by atoms with Crippen molar-refractivity contribution in [1.29, 1.82) is 0 Å². The van der Waals surface area contributed by atoms with Crippen LogP contribution in [0.2, 0.25) is 0 Å². The molecule has 1 N–H and O–H groups in total. The number of carbonyl (C=O) groups excluding carboxylic acids is 1. The van der Waals surface area contributed by atoms with E-state index in [9.17, 15) is 4.79 Å². The van der Waals surface area contributed by atoms with Crippen molar-refractivity contribution in [2.75, 3.05) is 13.1 Å². The van der Waals surface area contributed by atoms with Gasteiger partial charge in [0.25, 0.3) is 0 Å². The highest BCUT2D eigenvalue weighted by Gasteiger charge is 2.16. The molecule has 1 saturated heterocycles. The third-order valence-corrected chi connectivity index (χ3v) is 3.78. The number of aromatic nitrogens is 3. The maximum Gasteiger partial charge on any atom is 0.140 e. The van der Waals surface area contributed by atoms with Gasteiger partial charge in [0.15, 0.2) is 0 Å². The van der Waals surface area contributed by atoms with Crippen LogP contribution in [-0.2, 0) is 17.8 Å². The first-order valence-corrected chi connectivity index (χ1v) is 7.38. The van der Waals surface area contributed by atoms with Crippen LogP contribution in [0.25, 0.3) is 0 Å². The zero-order valence-electron chi connectivity index (χ0n) is 11.8. The second kappa shape index (κ2) is 7.38. The average molecular weight is 264 g/mol. The van der Waals surface area contributed by atoms with Gasteiger partial charge in [0, 0.05) is 13.0 Å². The van der Waals surface area contributed by atoms with Gasteiger partial charge in [-0.1, -0.05) is 6.92 Å². The molecule has 0 unspecified atom stereocenters. The van der Waals surface area contributed by atoms with E-state index >= 15 is 0 Å². The number of ketones is 1. The van der Waals surface area contributed by atoms with Gasteiger partial charge < -0.3 is 5.32 Å². The number of piperidine rings is 1. The summed E-state index contributed by atoms with van der Waals surface area (Å²) in [5.74, 6) is 1.83. The van der Waals surface area contributed by atoms with E-state index in [1.165, 1.54) is 12.8 Å². The van der Waals surface area contributed by atoms with Crippen molar-refractivity contribution in [1.82, 2.24) is 20.1 Å². The van der Waals surface area contributed by atoms with Crippen LogP contribution in [-0.4, -0.2) is 33.6 Å². The lowest BCUT2D eigenvalue weighted by atomic mass is 9.92. The summed E-state index contributed by atoms with van der Waals surface area (Å²) in [4.78, 5) is 16.2. The Morgan fingerprint density at radius 2 is 2.26 bits per heavy atom. The summed E-state index contributed by atoms with van der Waals surface area (Å²) in [6.07, 6.45) is 7.13. The quantitative estimate of drug-likeness (QED) is 0.812. The number of carbonyl (C=O) groups is 1. The van der Waals surface area contributed by atoms with Crippen molar-refractivity contribution in [3.8, 4) is 0 Å². The van der Waals surface area contributed by atoms with Gasteiger partial charge in [-0.15, -0.1) is 0 Å². The predicted molar refractivity (Wildman–Crippen MR) is 73.9 cm³/mol. The van der Waals surface area contributed by atoms with Crippen LogP contribution in [0, 0.1) is 5.92 Å². The van der Waals surface area contributed by atoms with E-state index in [-0.39, 0.29) is 0 Å². The molecule has 1 fully saturated rings. The molecule has 5 heteroatoms. The maximum absolute atomic E-state index is 12.0. The van der Waals surface area contributed by atoms with Crippen molar-refractivity contribution in [2.24, 2.45) is 5.92 Å². The van der Waals surface area contributed by atoms with E-state index in [1.807, 2.05) is 4.68 Å². The molecule has 5 nitrogen and oxygen atoms in total. The van der Waals surface area contributed by atoms with Crippen LogP contribution >= 0.6 is 0 Å². The number of nitrogens with zero attached hydrogens (tertiary/aromatic N) is 3. The molecule has 19 heavy (non-hydrogen) atoms. The van der Waals surface area contributed by atoms with Crippen LogP contribution in [0.5, 0.6) is 0 Å². The Kier molecular flexibility index (Phi) is 5.51. The third kappa shape index (κ3) is 4.42. The smallest absolute Gasteiger partial charge is 0.140 e. The second-order valence-electron chi connectivity index (χ2n) is 5.35. The van der Waals surface area contributed by atoms with Gasteiger partial charge in [-0.25, -0.2) is 9.67 Å². The molecule has 1 aromatic rings. The molecule has 0 spiro atoms. The topological polar surface area (TPSA) is 59.8 Å². The van der Waals surface area contributed by atoms with E-state index in [4.69, 9.17) is 0 Å². The molecule has 0 radical (unpaired) electrons. The van der Waals surface area contributed by atoms with Gasteiger partial charge in [0.1, 0.15) is 17.9 Å². The number of aryl methyl sites for hydroxylation is 1. The zero-order chi connectivity index (χ0) is 13.5. The molecule has 106 valence electrons. The van der Waals surface area contributed by atoms with E-state index in [0.29, 0.717) is 18.6 Å². The van der Waals surface area contributed by atoms with E-state index in [1.54, 1.807) is 6.33 Å². The van der Waals surface area contributed by atoms with Crippen molar-refractivity contribution in [3.05, 3.63) is 12.2 Å². The first kappa shape index (κ1) is 14.2. The Balaban J connectivity index is 1.75. The number of rotatable bonds is 7. The van der Waals surface area contributed by atoms with Gasteiger partial charge in [-0.05, 0) is 44.7 Å². The lowest BCUT2D eigenvalue weighted by molar-refractivity contribution is -0.118. The summed E-state index contributed by atoms with van der Waals surface area (Å²) in [5, 5.41) is 7.51. The SMILES string of the molecule is CCCn1ncnc1CC(=O)CCC1CCNCC1. The van der Waals surface area contributed by atoms with Gasteiger partial charge in [0.05, 0.1) is 6.42 Å². The van der Waals surface area contributed by atoms with Crippen molar-refractivity contribution >= 4 is 5.78 Å². The molecule has 0 saturated carbocycles. The van der Waals surface area contributed by atoms with E-state index < -0.39 is 0 Å². The average Bonchev–Trinajstić information content (AvgIpc) is 2.85. The number of Topliss-reactive ketones (excluding diaryl/α,β-unsaturated/α-hetero) is 1. The molecule has 0 aliphatic carbocycles. The lowest BCUT2D eigenvalue weighted by Crippen LogP contribution is -2.28. The normalized spacial score (nSPS) is 16.7. The maximum atomic E-state index is 12.0. The highest BCUT2D eigenvalue weighted by Crippen LogP contribution is 2.18. The molecule has 2 heterocycles. The van der Waals surface area contributed by atoms with Crippen molar-refractivity contribution < 1.29 is 4.79 Å². The van der Waals surface area contributed by atoms with E-state index in [0.717, 1.165) is 44.2 Å². The fraction of sp³-hybridized carbons (Fsp3) is 0.786. The molecule has 0 atom stereocenters. The minimum atomic E-state index is 0.295. The second-order valence-corrected chi connectivity index (χ2v) is 5.35. The predicted octanol–water partition coefficient (Wildman–Crippen LogP) is 1.58. The number of nitrogens with one attached hydrogen (secondary N) is 1. The van der Waals surface area contributed by atoms with Crippen LogP contribution in [0.3, 0.4) is 0 Å². The molecule has 2 rings (SSSR count). The van der Waals surface area contributed by atoms with Crippen LogP contribution in [0.4, 0.5) is 0 Å². The Morgan fingerprint density at radius 3 is 3.00 bits per heavy atom. The first-order valence-electron chi connectivity index (χ1n) is 7.38. The summed E-state index contributed by atoms with van der Waals surface area (Å²) in [5.41, 5.74) is 0. The Hall–Kier alpha value is -1.23. The Labute approximate surface area is 114 Å². The van der Waals surface area contributed by atoms with Crippen LogP contribution in [0.15, 0.2) is 6.33 Å². The first-order chi connectivity index (χ1) is 9.29. The molecule has 0 bridgehead atoms. The summed E-state index contributed by atoms with van der Waals surface area (Å²) in [6, 6.07) is 0. The van der Waals surface area contributed by atoms with Crippen LogP contribution < -0.4 is 5.32 Å². The van der Waals surface area contributed by atoms with Gasteiger partial charge in [0.2, 0.25) is 0 Å². The lowest BCUT2D eigenvalue weighted by Gasteiger charge is -2.22. The van der Waals surface area contributed by atoms with Gasteiger partial charge in [-0.2, -0.15) is 5.10 Å². The minimum absolute atomic E-state index is 0.295. The van der Waals surface area contributed by atoms with Gasteiger partial charge >= 0.3 is 0 Å². The summed E-state index contributed by atoms with van der Waals surface area (Å²) >= 11 is 0. The molecule has 1 aromatic heterocycles. The Bertz CT molecular complexity index is 396. The standard InChI is InChI=1S/C14H24N4O/c1-2-9-18-14(16-11-17-18)10-13(19)4-3-12-5-7-15-8-6-12/h11-12,15H,2-10H2,1H3. The molecule has 0 aromatic carbocycles. The third-order valence-electron chi connectivity index (χ3n) is 3.78. The molecule has 1 aliphatic heterocycles.